The van der Waals surface area contributed by atoms with Gasteiger partial charge in [0.15, 0.2) is 11.7 Å². The molecule has 0 fully saturated rings. The van der Waals surface area contributed by atoms with Crippen molar-refractivity contribution in [2.24, 2.45) is 5.73 Å². The number of anilines is 2. The van der Waals surface area contributed by atoms with E-state index < -0.39 is 29.3 Å². The molecule has 0 aliphatic heterocycles. The molecule has 0 unspecified atom stereocenters. The molecule has 0 bridgehead atoms. The lowest BCUT2D eigenvalue weighted by Gasteiger charge is -2.33. The number of nitrogen functional groups attached to an aromatic ring is 1. The van der Waals surface area contributed by atoms with E-state index >= 15 is 0 Å². The van der Waals surface area contributed by atoms with Crippen molar-refractivity contribution < 1.29 is 28.3 Å². The summed E-state index contributed by atoms with van der Waals surface area (Å²) in [5.41, 5.74) is 10.6. The summed E-state index contributed by atoms with van der Waals surface area (Å²) in [6.07, 6.45) is 0. The van der Waals surface area contributed by atoms with Crippen molar-refractivity contribution in [3.63, 3.8) is 0 Å². The number of nitrogens with one attached hydrogen (secondary N) is 1. The van der Waals surface area contributed by atoms with Crippen LogP contribution in [0.2, 0.25) is 0 Å². The van der Waals surface area contributed by atoms with E-state index in [2.05, 4.69) is 9.69 Å². The molecule has 0 aliphatic rings. The SMILES string of the molecule is COc1ccc(N(C(=O)c2snc(C(N)=O)c2N)[C@@H](C(=O)NC(C)(C)C)c2ccc(C)o2)c(OC)c1. The molecule has 0 aliphatic carbocycles. The topological polar surface area (TPSA) is 163 Å². The van der Waals surface area contributed by atoms with Crippen LogP contribution in [0.1, 0.15) is 58.5 Å². The van der Waals surface area contributed by atoms with Gasteiger partial charge in [0.25, 0.3) is 17.7 Å². The van der Waals surface area contributed by atoms with Crippen molar-refractivity contribution in [2.75, 3.05) is 24.9 Å². The van der Waals surface area contributed by atoms with Gasteiger partial charge < -0.3 is 30.7 Å². The number of hydrogen-bond donors (Lipinski definition) is 3. The zero-order chi connectivity index (χ0) is 26.8. The van der Waals surface area contributed by atoms with Crippen molar-refractivity contribution >= 4 is 40.6 Å². The van der Waals surface area contributed by atoms with Crippen molar-refractivity contribution in [3.8, 4) is 11.5 Å². The van der Waals surface area contributed by atoms with Crippen LogP contribution < -0.4 is 31.2 Å². The maximum Gasteiger partial charge on any atom is 0.273 e. The molecule has 0 saturated carbocycles. The first-order valence-electron chi connectivity index (χ1n) is 10.9. The number of aromatic nitrogens is 1. The van der Waals surface area contributed by atoms with Crippen LogP contribution in [0.25, 0.3) is 0 Å². The molecular formula is C24H29N5O6S. The number of carbonyl (C=O) groups is 3. The van der Waals surface area contributed by atoms with Crippen LogP contribution in [0.5, 0.6) is 11.5 Å². The Bertz CT molecular complexity index is 1290. The summed E-state index contributed by atoms with van der Waals surface area (Å²) in [4.78, 5) is 40.6. The maximum absolute atomic E-state index is 14.1. The van der Waals surface area contributed by atoms with Gasteiger partial charge in [-0.1, -0.05) is 0 Å². The smallest absolute Gasteiger partial charge is 0.273 e. The van der Waals surface area contributed by atoms with E-state index in [1.807, 2.05) is 20.8 Å². The highest BCUT2D eigenvalue weighted by Gasteiger charge is 2.40. The zero-order valence-corrected chi connectivity index (χ0v) is 21.7. The zero-order valence-electron chi connectivity index (χ0n) is 20.9. The molecule has 36 heavy (non-hydrogen) atoms. The summed E-state index contributed by atoms with van der Waals surface area (Å²) in [7, 11) is 2.92. The van der Waals surface area contributed by atoms with E-state index in [1.165, 1.54) is 19.1 Å². The molecule has 3 amide bonds. The van der Waals surface area contributed by atoms with E-state index in [-0.39, 0.29) is 33.5 Å². The van der Waals surface area contributed by atoms with Crippen molar-refractivity contribution in [3.05, 3.63) is 52.4 Å². The fraction of sp³-hybridized carbons (Fsp3) is 0.333. The van der Waals surface area contributed by atoms with Gasteiger partial charge in [0.05, 0.1) is 25.6 Å². The molecule has 11 nitrogen and oxygen atoms in total. The first kappa shape index (κ1) is 26.5. The molecule has 192 valence electrons. The summed E-state index contributed by atoms with van der Waals surface area (Å²) in [6.45, 7) is 7.17. The minimum absolute atomic E-state index is 0.0708. The van der Waals surface area contributed by atoms with Crippen LogP contribution in [0, 0.1) is 6.92 Å². The van der Waals surface area contributed by atoms with E-state index in [0.29, 0.717) is 23.0 Å². The van der Waals surface area contributed by atoms with E-state index in [1.54, 1.807) is 37.3 Å². The maximum atomic E-state index is 14.1. The lowest BCUT2D eigenvalue weighted by molar-refractivity contribution is -0.124. The molecule has 3 aromatic rings. The molecular weight excluding hydrogens is 486 g/mol. The third kappa shape index (κ3) is 5.43. The number of nitrogens with zero attached hydrogens (tertiary/aromatic N) is 2. The van der Waals surface area contributed by atoms with Crippen molar-refractivity contribution in [2.45, 2.75) is 39.3 Å². The first-order chi connectivity index (χ1) is 16.9. The third-order valence-corrected chi connectivity index (χ3v) is 5.91. The molecule has 12 heteroatoms. The minimum Gasteiger partial charge on any atom is -0.497 e. The van der Waals surface area contributed by atoms with E-state index in [9.17, 15) is 14.4 Å². The Morgan fingerprint density at radius 3 is 2.33 bits per heavy atom. The van der Waals surface area contributed by atoms with Gasteiger partial charge in [0.2, 0.25) is 0 Å². The Kier molecular flexibility index (Phi) is 7.58. The monoisotopic (exact) mass is 515 g/mol. The molecule has 2 aromatic heterocycles. The minimum atomic E-state index is -1.27. The van der Waals surface area contributed by atoms with Gasteiger partial charge in [-0.3, -0.25) is 19.3 Å². The van der Waals surface area contributed by atoms with Crippen molar-refractivity contribution in [1.82, 2.24) is 9.69 Å². The lowest BCUT2D eigenvalue weighted by atomic mass is 10.0. The van der Waals surface area contributed by atoms with Crippen LogP contribution in [-0.4, -0.2) is 41.9 Å². The summed E-state index contributed by atoms with van der Waals surface area (Å²) in [6, 6.07) is 6.80. The van der Waals surface area contributed by atoms with Gasteiger partial charge >= 0.3 is 0 Å². The highest BCUT2D eigenvalue weighted by molar-refractivity contribution is 7.09. The normalized spacial score (nSPS) is 12.1. The summed E-state index contributed by atoms with van der Waals surface area (Å²) < 4.78 is 20.6. The number of ether oxygens (including phenoxy) is 2. The van der Waals surface area contributed by atoms with Crippen molar-refractivity contribution in [1.29, 1.82) is 0 Å². The van der Waals surface area contributed by atoms with Crippen LogP contribution in [0.4, 0.5) is 11.4 Å². The summed E-state index contributed by atoms with van der Waals surface area (Å²) >= 11 is 0.705. The highest BCUT2D eigenvalue weighted by Crippen LogP contribution is 2.40. The fourth-order valence-electron chi connectivity index (χ4n) is 3.50. The number of hydrogen-bond acceptors (Lipinski definition) is 9. The standard InChI is InChI=1S/C24H29N5O6S/c1-12-7-10-15(35-12)19(22(31)27-24(2,3)4)29(14-9-8-13(33-5)11-16(14)34-6)23(32)20-17(25)18(21(26)30)28-36-20/h7-11,19H,25H2,1-6H3,(H2,26,30)(H,27,31)/t19-/m1/s1. The Morgan fingerprint density at radius 1 is 1.14 bits per heavy atom. The number of aryl methyl sites for hydroxylation is 1. The Morgan fingerprint density at radius 2 is 1.83 bits per heavy atom. The fourth-order valence-corrected chi connectivity index (χ4v) is 4.24. The number of methoxy groups -OCH3 is 2. The average molecular weight is 516 g/mol. The Labute approximate surface area is 212 Å². The van der Waals surface area contributed by atoms with Crippen LogP contribution in [0.3, 0.4) is 0 Å². The second-order valence-electron chi connectivity index (χ2n) is 8.94. The Hall–Kier alpha value is -4.06. The number of carbonyl (C=O) groups excluding carboxylic acids is 3. The predicted molar refractivity (Wildman–Crippen MR) is 135 cm³/mol. The molecule has 0 spiro atoms. The number of furan rings is 1. The molecule has 2 heterocycles. The second-order valence-corrected chi connectivity index (χ2v) is 9.71. The molecule has 1 aromatic carbocycles. The first-order valence-corrected chi connectivity index (χ1v) is 11.6. The van der Waals surface area contributed by atoms with Crippen LogP contribution in [0.15, 0.2) is 34.7 Å². The van der Waals surface area contributed by atoms with E-state index in [4.69, 9.17) is 25.4 Å². The van der Waals surface area contributed by atoms with E-state index in [0.717, 1.165) is 0 Å². The molecule has 1 atom stereocenters. The van der Waals surface area contributed by atoms with Crippen LogP contribution in [-0.2, 0) is 4.79 Å². The van der Waals surface area contributed by atoms with Gasteiger partial charge in [-0.25, -0.2) is 0 Å². The molecule has 0 radical (unpaired) electrons. The largest absolute Gasteiger partial charge is 0.497 e. The Balaban J connectivity index is 2.29. The molecule has 5 N–H and O–H groups in total. The van der Waals surface area contributed by atoms with Gasteiger partial charge in [0, 0.05) is 11.6 Å². The number of benzene rings is 1. The third-order valence-electron chi connectivity index (χ3n) is 5.06. The summed E-state index contributed by atoms with van der Waals surface area (Å²) in [5, 5.41) is 2.91. The summed E-state index contributed by atoms with van der Waals surface area (Å²) in [5.74, 6) is -0.622. The quantitative estimate of drug-likeness (QED) is 0.412. The average Bonchev–Trinajstić information content (AvgIpc) is 3.40. The molecule has 0 saturated heterocycles. The predicted octanol–water partition coefficient (Wildman–Crippen LogP) is 3.05. The molecule has 3 rings (SSSR count). The van der Waals surface area contributed by atoms with Gasteiger partial charge in [0.1, 0.15) is 27.9 Å². The van der Waals surface area contributed by atoms with Crippen LogP contribution >= 0.6 is 11.5 Å². The highest BCUT2D eigenvalue weighted by atomic mass is 32.1. The van der Waals surface area contributed by atoms with Gasteiger partial charge in [-0.05, 0) is 63.5 Å². The number of nitrogens with two attached hydrogens (primary N) is 2. The number of rotatable bonds is 8. The number of primary amides is 1. The number of amides is 3. The van der Waals surface area contributed by atoms with Gasteiger partial charge in [-0.2, -0.15) is 4.37 Å². The second kappa shape index (κ2) is 10.3. The lowest BCUT2D eigenvalue weighted by Crippen LogP contribution is -2.49. The van der Waals surface area contributed by atoms with Gasteiger partial charge in [-0.15, -0.1) is 0 Å².